The maximum Gasteiger partial charge on any atom is 0.314 e. The Kier molecular flexibility index (Phi) is 2.67. The van der Waals surface area contributed by atoms with Crippen molar-refractivity contribution in [2.45, 2.75) is 43.4 Å². The Balaban J connectivity index is 1.67. The molecule has 1 aromatic heterocycles. The molecule has 0 unspecified atom stereocenters. The fraction of sp³-hybridized carbons (Fsp3) is 0.412. The van der Waals surface area contributed by atoms with Crippen molar-refractivity contribution in [1.29, 1.82) is 0 Å². The Labute approximate surface area is 123 Å². The van der Waals surface area contributed by atoms with Gasteiger partial charge in [-0.25, -0.2) is 4.68 Å². The molecule has 108 valence electrons. The van der Waals surface area contributed by atoms with Crippen LogP contribution < -0.4 is 0 Å². The van der Waals surface area contributed by atoms with Gasteiger partial charge in [0, 0.05) is 17.8 Å². The van der Waals surface area contributed by atoms with Crippen molar-refractivity contribution < 1.29 is 9.90 Å². The van der Waals surface area contributed by atoms with Gasteiger partial charge in [-0.1, -0.05) is 18.6 Å². The van der Waals surface area contributed by atoms with Crippen LogP contribution in [0.5, 0.6) is 0 Å². The number of aromatic nitrogens is 2. The Bertz CT molecular complexity index is 679. The zero-order valence-electron chi connectivity index (χ0n) is 11.8. The lowest BCUT2D eigenvalue weighted by molar-refractivity contribution is -0.147. The number of rotatable bonds is 4. The van der Waals surface area contributed by atoms with E-state index in [4.69, 9.17) is 0 Å². The van der Waals surface area contributed by atoms with Gasteiger partial charge in [-0.2, -0.15) is 5.10 Å². The molecule has 0 spiro atoms. The Morgan fingerprint density at radius 2 is 1.90 bits per heavy atom. The van der Waals surface area contributed by atoms with Crippen molar-refractivity contribution in [3.8, 4) is 5.69 Å². The lowest BCUT2D eigenvalue weighted by atomic mass is 9.64. The molecule has 4 rings (SSSR count). The van der Waals surface area contributed by atoms with E-state index in [0.717, 1.165) is 30.5 Å². The van der Waals surface area contributed by atoms with Crippen LogP contribution in [0.2, 0.25) is 0 Å². The first-order valence-electron chi connectivity index (χ1n) is 7.59. The van der Waals surface area contributed by atoms with Gasteiger partial charge >= 0.3 is 5.97 Å². The van der Waals surface area contributed by atoms with Gasteiger partial charge in [0.2, 0.25) is 0 Å². The van der Waals surface area contributed by atoms with E-state index >= 15 is 0 Å². The molecule has 4 nitrogen and oxygen atoms in total. The second-order valence-electron chi connectivity index (χ2n) is 6.23. The second kappa shape index (κ2) is 4.45. The number of benzene rings is 1. The van der Waals surface area contributed by atoms with Crippen molar-refractivity contribution >= 4 is 5.97 Å². The average molecular weight is 282 g/mol. The van der Waals surface area contributed by atoms with Crippen LogP contribution in [0.15, 0.2) is 36.5 Å². The molecule has 21 heavy (non-hydrogen) atoms. The minimum atomic E-state index is -0.695. The zero-order valence-corrected chi connectivity index (χ0v) is 11.8. The van der Waals surface area contributed by atoms with Crippen molar-refractivity contribution in [3.05, 3.63) is 47.8 Å². The molecule has 1 N–H and O–H groups in total. The first kappa shape index (κ1) is 12.6. The minimum Gasteiger partial charge on any atom is -0.481 e. The maximum atomic E-state index is 11.6. The Hall–Kier alpha value is -2.10. The van der Waals surface area contributed by atoms with Crippen molar-refractivity contribution in [2.75, 3.05) is 0 Å². The van der Waals surface area contributed by atoms with E-state index in [2.05, 4.69) is 11.2 Å². The summed E-state index contributed by atoms with van der Waals surface area (Å²) in [5.41, 5.74) is 2.55. The van der Waals surface area contributed by atoms with Crippen LogP contribution in [-0.4, -0.2) is 20.9 Å². The molecule has 0 radical (unpaired) electrons. The third-order valence-corrected chi connectivity index (χ3v) is 4.95. The number of hydrogen-bond donors (Lipinski definition) is 1. The molecule has 1 aromatic carbocycles. The van der Waals surface area contributed by atoms with Gasteiger partial charge in [-0.15, -0.1) is 0 Å². The predicted molar refractivity (Wildman–Crippen MR) is 78.7 cm³/mol. The fourth-order valence-corrected chi connectivity index (χ4v) is 3.30. The Morgan fingerprint density at radius 3 is 2.43 bits per heavy atom. The molecule has 4 heteroatoms. The molecule has 2 aliphatic carbocycles. The predicted octanol–water partition coefficient (Wildman–Crippen LogP) is 3.26. The molecule has 0 saturated heterocycles. The summed E-state index contributed by atoms with van der Waals surface area (Å²) in [5.74, 6) is -0.0524. The first-order valence-corrected chi connectivity index (χ1v) is 7.59. The van der Waals surface area contributed by atoms with E-state index in [-0.39, 0.29) is 0 Å². The summed E-state index contributed by atoms with van der Waals surface area (Å²) in [5, 5.41) is 13.9. The summed E-state index contributed by atoms with van der Waals surface area (Å²) < 4.78 is 1.98. The van der Waals surface area contributed by atoms with Crippen molar-refractivity contribution in [1.82, 2.24) is 9.78 Å². The monoisotopic (exact) mass is 282 g/mol. The highest BCUT2D eigenvalue weighted by atomic mass is 16.4. The van der Waals surface area contributed by atoms with Crippen LogP contribution in [0.3, 0.4) is 0 Å². The van der Waals surface area contributed by atoms with Gasteiger partial charge in [-0.05, 0) is 49.4 Å². The standard InChI is InChI=1S/C17H18N2O2/c20-16(21)17(9-1-10-17)13-4-6-14(7-5-13)19-15(8-11-18-19)12-2-3-12/h4-8,11-12H,1-3,9-10H2,(H,20,21). The molecule has 1 heterocycles. The quantitative estimate of drug-likeness (QED) is 0.936. The molecule has 0 aliphatic heterocycles. The van der Waals surface area contributed by atoms with Crippen LogP contribution in [0.1, 0.15) is 49.3 Å². The van der Waals surface area contributed by atoms with Gasteiger partial charge in [0.25, 0.3) is 0 Å². The van der Waals surface area contributed by atoms with Crippen molar-refractivity contribution in [2.24, 2.45) is 0 Å². The highest BCUT2D eigenvalue weighted by Crippen LogP contribution is 2.44. The van der Waals surface area contributed by atoms with Gasteiger partial charge in [-0.3, -0.25) is 4.79 Å². The van der Waals surface area contributed by atoms with E-state index in [1.165, 1.54) is 18.5 Å². The summed E-state index contributed by atoms with van der Waals surface area (Å²) in [6.07, 6.45) is 6.82. The first-order chi connectivity index (χ1) is 10.2. The maximum absolute atomic E-state index is 11.6. The minimum absolute atomic E-state index is 0.643. The highest BCUT2D eigenvalue weighted by molar-refractivity contribution is 5.82. The second-order valence-corrected chi connectivity index (χ2v) is 6.23. The van der Waals surface area contributed by atoms with E-state index < -0.39 is 11.4 Å². The van der Waals surface area contributed by atoms with Crippen LogP contribution in [0, 0.1) is 0 Å². The molecule has 0 amide bonds. The molecule has 2 saturated carbocycles. The third kappa shape index (κ3) is 1.89. The fourth-order valence-electron chi connectivity index (χ4n) is 3.30. The lowest BCUT2D eigenvalue weighted by Gasteiger charge is -2.38. The smallest absolute Gasteiger partial charge is 0.314 e. The highest BCUT2D eigenvalue weighted by Gasteiger charge is 2.45. The number of hydrogen-bond acceptors (Lipinski definition) is 2. The third-order valence-electron chi connectivity index (χ3n) is 4.95. The summed E-state index contributed by atoms with van der Waals surface area (Å²) in [6, 6.07) is 9.99. The summed E-state index contributed by atoms with van der Waals surface area (Å²) in [4.78, 5) is 11.6. The van der Waals surface area contributed by atoms with E-state index in [1.807, 2.05) is 35.1 Å². The van der Waals surface area contributed by atoms with Crippen LogP contribution >= 0.6 is 0 Å². The molecule has 0 atom stereocenters. The van der Waals surface area contributed by atoms with E-state index in [1.54, 1.807) is 0 Å². The van der Waals surface area contributed by atoms with Crippen LogP contribution in [0.25, 0.3) is 5.69 Å². The molecule has 0 bridgehead atoms. The largest absolute Gasteiger partial charge is 0.481 e. The van der Waals surface area contributed by atoms with Crippen molar-refractivity contribution in [3.63, 3.8) is 0 Å². The molecule has 2 fully saturated rings. The van der Waals surface area contributed by atoms with Gasteiger partial charge in [0.05, 0.1) is 11.1 Å². The number of carboxylic acids is 1. The van der Waals surface area contributed by atoms with Gasteiger partial charge < -0.3 is 5.11 Å². The van der Waals surface area contributed by atoms with Crippen LogP contribution in [0.4, 0.5) is 0 Å². The summed E-state index contributed by atoms with van der Waals surface area (Å²) >= 11 is 0. The number of carbonyl (C=O) groups is 1. The van der Waals surface area contributed by atoms with Gasteiger partial charge in [0.1, 0.15) is 0 Å². The molecular formula is C17H18N2O2. The SMILES string of the molecule is O=C(O)C1(c2ccc(-n3nccc3C3CC3)cc2)CCC1. The molecule has 2 aliphatic rings. The summed E-state index contributed by atoms with van der Waals surface area (Å²) in [6.45, 7) is 0. The average Bonchev–Trinajstić information content (AvgIpc) is 3.16. The number of carboxylic acid groups (broad SMARTS) is 1. The normalized spacial score (nSPS) is 20.0. The molecule has 2 aromatic rings. The molecular weight excluding hydrogens is 264 g/mol. The lowest BCUT2D eigenvalue weighted by Crippen LogP contribution is -2.42. The van der Waals surface area contributed by atoms with E-state index in [0.29, 0.717) is 5.92 Å². The topological polar surface area (TPSA) is 55.1 Å². The number of nitrogens with zero attached hydrogens (tertiary/aromatic N) is 2. The van der Waals surface area contributed by atoms with E-state index in [9.17, 15) is 9.90 Å². The zero-order chi connectivity index (χ0) is 14.4. The number of aliphatic carboxylic acids is 1. The summed E-state index contributed by atoms with van der Waals surface area (Å²) in [7, 11) is 0. The Morgan fingerprint density at radius 1 is 1.19 bits per heavy atom. The van der Waals surface area contributed by atoms with Gasteiger partial charge in [0.15, 0.2) is 0 Å². The van der Waals surface area contributed by atoms with Crippen LogP contribution in [-0.2, 0) is 10.2 Å².